The van der Waals surface area contributed by atoms with Crippen LogP contribution >= 0.6 is 24.4 Å². The summed E-state index contributed by atoms with van der Waals surface area (Å²) in [5.74, 6) is -1.84. The largest absolute Gasteiger partial charge is 1.00 e. The van der Waals surface area contributed by atoms with E-state index in [4.69, 9.17) is 82.9 Å². The van der Waals surface area contributed by atoms with Gasteiger partial charge in [0.1, 0.15) is 54.9 Å². The molecule has 5 fully saturated rings. The van der Waals surface area contributed by atoms with E-state index in [1.54, 1.807) is 39.6 Å². The van der Waals surface area contributed by atoms with E-state index in [2.05, 4.69) is 115 Å². The number of anilines is 5. The average molecular weight is 2090 g/mol. The Labute approximate surface area is 865 Å². The fourth-order valence-corrected chi connectivity index (χ4v) is 16.6. The monoisotopic (exact) mass is 2090 g/mol. The SMILES string of the molecule is CC(=O)O.CC(=O)OC(C)=O.CC[C@H]1O[C@@H](n2cnc3c(=O)[nH]c(N)nc32)[C@@H](OC)C1OC(C)=O.CC[C@H]1O[C@@H](n2cnc3c(=O)[nH]c(NC)nc32)[C@@H](OC)C1OC(C)=O.CC[C@H]1O[C@@H](n2cnc3c(=O)[nH]c(NCSc4ccc(C)cc4)nc32)[C@@H](OC)C1OC(C)=O.CNc1nc2c(ncn2[C@@H]2O[C@H](CO)C(O)[C@@H]2OC)c(=O)[nH]1.CO[C@H]1C(O)[C@@H](CO)O[C@H]1n1cnc2c(=O)[nH]c(N)nc21.Cc1ccc(S)cc1.[B].[H-].[Na+]. The van der Waals surface area contributed by atoms with Crippen molar-refractivity contribution in [2.45, 2.75) is 228 Å². The molecule has 10 aromatic heterocycles. The van der Waals surface area contributed by atoms with Crippen LogP contribution in [0.5, 0.6) is 0 Å². The van der Waals surface area contributed by atoms with E-state index >= 15 is 0 Å². The summed E-state index contributed by atoms with van der Waals surface area (Å²) in [7, 11) is 10.7. The number of aliphatic carboxylic acids is 1. The van der Waals surface area contributed by atoms with Gasteiger partial charge in [-0.3, -0.25) is 100 Å². The number of aliphatic hydroxyl groups is 4. The number of hydrogen-bond acceptors (Lipinski definition) is 46. The number of imidazole rings is 5. The predicted octanol–water partition coefficient (Wildman–Crippen LogP) is -1.18. The number of nitrogens with one attached hydrogen (secondary N) is 8. The van der Waals surface area contributed by atoms with Crippen molar-refractivity contribution in [3.8, 4) is 0 Å². The number of aromatic amines is 5. The smallest absolute Gasteiger partial charge is 1.00 e. The molecule has 20 atom stereocenters. The van der Waals surface area contributed by atoms with Gasteiger partial charge in [-0.1, -0.05) is 56.2 Å². The number of esters is 5. The molecule has 12 aromatic rings. The number of thiol groups is 1. The Bertz CT molecular complexity index is 6680. The van der Waals surface area contributed by atoms with Gasteiger partial charge < -0.3 is 121 Å². The molecular formula is C87H118BN25NaO30S2. The van der Waals surface area contributed by atoms with Gasteiger partial charge in [-0.2, -0.15) is 24.9 Å². The van der Waals surface area contributed by atoms with Crippen molar-refractivity contribution in [3.05, 3.63) is 143 Å². The minimum Gasteiger partial charge on any atom is -1.00 e. The van der Waals surface area contributed by atoms with Crippen molar-refractivity contribution < 1.29 is 152 Å². The van der Waals surface area contributed by atoms with Gasteiger partial charge in [0.05, 0.1) is 69.0 Å². The Morgan fingerprint density at radius 2 is 0.685 bits per heavy atom. The number of carbonyl (C=O) groups is 6. The van der Waals surface area contributed by atoms with Crippen molar-refractivity contribution in [3.63, 3.8) is 0 Å². The number of H-pyrrole nitrogens is 5. The van der Waals surface area contributed by atoms with E-state index in [-0.39, 0.29) is 144 Å². The van der Waals surface area contributed by atoms with Crippen LogP contribution in [-0.4, -0.2) is 328 Å². The number of aryl methyl sites for hydroxylation is 2. The van der Waals surface area contributed by atoms with Crippen molar-refractivity contribution in [2.75, 3.05) is 96.2 Å². The van der Waals surface area contributed by atoms with E-state index < -0.39 is 151 Å². The van der Waals surface area contributed by atoms with E-state index in [0.717, 1.165) is 16.7 Å². The minimum atomic E-state index is -1.01. The Hall–Kier alpha value is -12.6. The van der Waals surface area contributed by atoms with E-state index in [1.165, 1.54) is 122 Å². The summed E-state index contributed by atoms with van der Waals surface area (Å²) in [5.41, 5.74) is 13.9. The second-order valence-electron chi connectivity index (χ2n) is 32.1. The van der Waals surface area contributed by atoms with Gasteiger partial charge in [-0.15, -0.1) is 24.4 Å². The third kappa shape index (κ3) is 28.8. The summed E-state index contributed by atoms with van der Waals surface area (Å²) < 4.78 is 84.6. The molecule has 787 valence electrons. The fraction of sp³-hybridized carbons (Fsp3) is 0.506. The summed E-state index contributed by atoms with van der Waals surface area (Å²) in [6, 6.07) is 16.2. The number of benzene rings is 2. The maximum absolute atomic E-state index is 12.6. The molecule has 146 heavy (non-hydrogen) atoms. The number of fused-ring (bicyclic) bond motifs is 5. The van der Waals surface area contributed by atoms with Gasteiger partial charge in [0, 0.05) is 109 Å². The molecule has 55 nitrogen and oxygen atoms in total. The molecule has 15 heterocycles. The van der Waals surface area contributed by atoms with Gasteiger partial charge >= 0.3 is 59.4 Å². The zero-order valence-electron chi connectivity index (χ0n) is 84.0. The first-order valence-corrected chi connectivity index (χ1v) is 45.9. The number of carboxylic acids is 1. The normalized spacial score (nSPS) is 23.5. The molecule has 5 aliphatic rings. The van der Waals surface area contributed by atoms with Crippen LogP contribution in [-0.2, 0) is 95.1 Å². The van der Waals surface area contributed by atoms with Crippen LogP contribution in [0.2, 0.25) is 0 Å². The van der Waals surface area contributed by atoms with Crippen molar-refractivity contribution in [1.82, 2.24) is 97.6 Å². The fourth-order valence-electron chi connectivity index (χ4n) is 15.7. The van der Waals surface area contributed by atoms with E-state index in [9.17, 15) is 68.4 Å². The number of rotatable bonds is 24. The Balaban J connectivity index is 0.000000238. The summed E-state index contributed by atoms with van der Waals surface area (Å²) in [5, 5.41) is 54.7. The molecule has 17 N–H and O–H groups in total. The number of nitrogens with zero attached hydrogens (tertiary/aromatic N) is 15. The number of carbonyl (C=O) groups excluding carboxylic acids is 5. The number of hydrogen-bond donors (Lipinski definition) is 16. The minimum absolute atomic E-state index is 0. The van der Waals surface area contributed by atoms with Gasteiger partial charge in [-0.25, -0.2) is 24.9 Å². The van der Waals surface area contributed by atoms with E-state index in [0.29, 0.717) is 54.0 Å². The second kappa shape index (κ2) is 54.7. The molecule has 17 rings (SSSR count). The van der Waals surface area contributed by atoms with Crippen molar-refractivity contribution >= 4 is 154 Å². The quantitative estimate of drug-likeness (QED) is 0.00644. The molecule has 5 aliphatic heterocycles. The number of nitrogen functional groups attached to an aromatic ring is 2. The summed E-state index contributed by atoms with van der Waals surface area (Å²) in [6.45, 7) is 16.7. The first-order valence-electron chi connectivity index (χ1n) is 44.5. The number of nitrogens with two attached hydrogens (primary N) is 2. The summed E-state index contributed by atoms with van der Waals surface area (Å²) in [6.07, 6.45) is -3.87. The molecule has 2 aromatic carbocycles. The summed E-state index contributed by atoms with van der Waals surface area (Å²) >= 11 is 5.72. The third-order valence-electron chi connectivity index (χ3n) is 22.2. The van der Waals surface area contributed by atoms with Gasteiger partial charge in [0.15, 0.2) is 105 Å². The zero-order chi connectivity index (χ0) is 106. The van der Waals surface area contributed by atoms with E-state index in [1.807, 2.05) is 76.2 Å². The van der Waals surface area contributed by atoms with Crippen LogP contribution in [0.15, 0.2) is 114 Å². The first-order chi connectivity index (χ1) is 68.7. The van der Waals surface area contributed by atoms with Crippen molar-refractivity contribution in [2.24, 2.45) is 0 Å². The molecule has 5 saturated heterocycles. The maximum Gasteiger partial charge on any atom is 1.00 e. The van der Waals surface area contributed by atoms with Crippen LogP contribution in [0.1, 0.15) is 125 Å². The average Bonchev–Trinajstić information content (AvgIpc) is 1.62. The van der Waals surface area contributed by atoms with Gasteiger partial charge in [0.25, 0.3) is 33.8 Å². The zero-order valence-corrected chi connectivity index (χ0v) is 86.7. The topological polar surface area (TPSA) is 739 Å². The first kappa shape index (κ1) is 119. The number of ether oxygens (including phenoxy) is 14. The number of aromatic nitrogens is 20. The molecule has 0 aliphatic carbocycles. The number of methoxy groups -OCH3 is 5. The van der Waals surface area contributed by atoms with Crippen LogP contribution < -0.4 is 84.8 Å². The Morgan fingerprint density at radius 3 is 0.938 bits per heavy atom. The van der Waals surface area contributed by atoms with Crippen LogP contribution in [0.4, 0.5) is 29.7 Å². The third-order valence-corrected chi connectivity index (χ3v) is 23.4. The molecule has 3 radical (unpaired) electrons. The molecule has 0 saturated carbocycles. The molecular weight excluding hydrogens is 1970 g/mol. The molecule has 59 heteroatoms. The number of thioether (sulfide) groups is 1. The molecule has 5 unspecified atom stereocenters. The summed E-state index contributed by atoms with van der Waals surface area (Å²) in [4.78, 5) is 180. The Morgan fingerprint density at radius 1 is 0.425 bits per heavy atom. The molecule has 0 bridgehead atoms. The van der Waals surface area contributed by atoms with Crippen LogP contribution in [0, 0.1) is 13.8 Å². The van der Waals surface area contributed by atoms with Gasteiger partial charge in [-0.05, 0) is 57.4 Å². The predicted molar refractivity (Wildman–Crippen MR) is 522 cm³/mol. The van der Waals surface area contributed by atoms with Crippen LogP contribution in [0.25, 0.3) is 55.8 Å². The van der Waals surface area contributed by atoms with Crippen molar-refractivity contribution in [1.29, 1.82) is 0 Å². The maximum atomic E-state index is 12.6. The molecule has 0 amide bonds. The second-order valence-corrected chi connectivity index (χ2v) is 33.7. The van der Waals surface area contributed by atoms with Gasteiger partial charge in [0.2, 0.25) is 29.7 Å². The Kier molecular flexibility index (Phi) is 44.5. The standard InChI is InChI=1S/C22H27N5O5S.C15H21N5O5.C14H19N5O5.C12H17N5O5.C11H15N5O5.C7H8S.C4H6O3.C2H4O2.B.Na.H/c1-5-15-17(31-13(3)28)18(30-4)21(32-15)27-10-23-16-19(27)25-22(26-20(16)29)24-11-33-14-8-6-12(2)7-9-14;1-5-8-10(24-7(2)21)11(23-4)14(25-8)20-6-17-9-12(20)18-15(16-3)19-13(9)22;1-4-7-9(23-6(2)20)10(22-3)13(24-7)19-5-16-8-11(19)17-14(15)18-12(8)21;1-13-12-15-9-6(10(20)16-12)14-4-17(9)11-8(21-2)7(19)5(3-18)22-11;1-20-7-6(18)4(2-17)21-10(7)16-3-13-5-8(16)14-11(12)15-9(5)19;1-6-2-4-7(8)5-3-6;1-3(5)7-4(2)6;1-2(3)4;;;/h6-10,15,17-18,21H,5,11H2,1-4H3,(H2,24,25,26,29);6,8,10-11,14H,5H2,1-4H3,(H2,16,18,19,22);5,7,9-10,13H,4H2,1-3H3,(H3,15,17,18,21);4-5,7-8,11,18-19H,3H2,1-2H3,(H2,13,15,16,20);3-4,6-7,10,17-18H,2H2,1H3,(H3,12,14,15,19);2-5,8H,1H3;1-2H3;1H3,(H,3,4);;;/q;;;;;;;;;+1;-1/t15-,17?,18+,21-;8-,10?,11+,14-;7-,9?,10+,13-;5-,7?,8+,11-;4-,6?,7+,10-;;;;;;/m11111....../s1. The molecule has 0 spiro atoms. The van der Waals surface area contributed by atoms with Crippen LogP contribution in [0.3, 0.4) is 0 Å². The number of aliphatic hydroxyl groups excluding tert-OH is 4. The number of carboxylic acid groups (broad SMARTS) is 1.